The van der Waals surface area contributed by atoms with Crippen molar-refractivity contribution in [2.45, 2.75) is 0 Å². The van der Waals surface area contributed by atoms with Crippen molar-refractivity contribution in [2.75, 3.05) is 5.32 Å². The summed E-state index contributed by atoms with van der Waals surface area (Å²) in [7, 11) is 0. The van der Waals surface area contributed by atoms with Crippen molar-refractivity contribution in [1.29, 1.82) is 5.26 Å². The van der Waals surface area contributed by atoms with Crippen LogP contribution in [0.1, 0.15) is 5.56 Å². The van der Waals surface area contributed by atoms with Crippen molar-refractivity contribution in [3.8, 4) is 6.07 Å². The lowest BCUT2D eigenvalue weighted by Crippen LogP contribution is -1.98. The number of nitro groups is 1. The van der Waals surface area contributed by atoms with Crippen LogP contribution < -0.4 is 5.32 Å². The smallest absolute Gasteiger partial charge is 0.293 e. The number of hydrogen-bond acceptors (Lipinski definition) is 4. The van der Waals surface area contributed by atoms with Gasteiger partial charge in [-0.25, -0.2) is 0 Å². The zero-order valence-corrected chi connectivity index (χ0v) is 13.1. The Morgan fingerprint density at radius 2 is 1.75 bits per heavy atom. The molecule has 0 radical (unpaired) electrons. The van der Waals surface area contributed by atoms with Crippen LogP contribution in [0.15, 0.2) is 45.3 Å². The maximum absolute atomic E-state index is 11.1. The van der Waals surface area contributed by atoms with Gasteiger partial charge in [-0.3, -0.25) is 10.1 Å². The van der Waals surface area contributed by atoms with E-state index in [1.54, 1.807) is 30.3 Å². The number of hydrogen-bond donors (Lipinski definition) is 1. The second-order valence-electron chi connectivity index (χ2n) is 3.85. The highest BCUT2D eigenvalue weighted by Crippen LogP contribution is 2.32. The van der Waals surface area contributed by atoms with Gasteiger partial charge in [-0.1, -0.05) is 31.9 Å². The van der Waals surface area contributed by atoms with Crippen molar-refractivity contribution in [3.63, 3.8) is 0 Å². The first-order valence-corrected chi connectivity index (χ1v) is 7.00. The van der Waals surface area contributed by atoms with Crippen molar-refractivity contribution >= 4 is 48.9 Å². The van der Waals surface area contributed by atoms with Crippen molar-refractivity contribution < 1.29 is 4.92 Å². The zero-order valence-electron chi connectivity index (χ0n) is 9.93. The Hall–Kier alpha value is -1.91. The van der Waals surface area contributed by atoms with E-state index in [1.807, 2.05) is 6.07 Å². The predicted octanol–water partition coefficient (Wildman–Crippen LogP) is 4.74. The SMILES string of the molecule is N#Cc1ccc(Br)cc1Nc1ccc(Br)cc1[N+](=O)[O-]. The number of nitro benzene ring substituents is 1. The molecule has 0 unspecified atom stereocenters. The van der Waals surface area contributed by atoms with E-state index < -0.39 is 4.92 Å². The van der Waals surface area contributed by atoms with E-state index in [1.165, 1.54) is 6.07 Å². The molecule has 0 aliphatic rings. The maximum atomic E-state index is 11.1. The Morgan fingerprint density at radius 3 is 2.40 bits per heavy atom. The fourth-order valence-corrected chi connectivity index (χ4v) is 2.33. The zero-order chi connectivity index (χ0) is 14.7. The lowest BCUT2D eigenvalue weighted by atomic mass is 10.2. The van der Waals surface area contributed by atoms with E-state index in [0.717, 1.165) is 4.47 Å². The van der Waals surface area contributed by atoms with E-state index >= 15 is 0 Å². The molecule has 0 fully saturated rings. The van der Waals surface area contributed by atoms with Crippen molar-refractivity contribution in [3.05, 3.63) is 61.0 Å². The van der Waals surface area contributed by atoms with Gasteiger partial charge in [0, 0.05) is 15.0 Å². The first-order chi connectivity index (χ1) is 9.51. The normalized spacial score (nSPS) is 9.85. The minimum Gasteiger partial charge on any atom is -0.349 e. The van der Waals surface area contributed by atoms with Crippen LogP contribution in [0.2, 0.25) is 0 Å². The Balaban J connectivity index is 2.48. The first-order valence-electron chi connectivity index (χ1n) is 5.42. The quantitative estimate of drug-likeness (QED) is 0.600. The van der Waals surface area contributed by atoms with Gasteiger partial charge < -0.3 is 5.32 Å². The third kappa shape index (κ3) is 3.15. The van der Waals surface area contributed by atoms with Gasteiger partial charge in [0.2, 0.25) is 0 Å². The summed E-state index contributed by atoms with van der Waals surface area (Å²) in [6.07, 6.45) is 0. The van der Waals surface area contributed by atoms with E-state index in [4.69, 9.17) is 5.26 Å². The Kier molecular flexibility index (Phi) is 4.37. The number of nitrogens with one attached hydrogen (secondary N) is 1. The van der Waals surface area contributed by atoms with Crippen molar-refractivity contribution in [1.82, 2.24) is 0 Å². The molecule has 2 aromatic carbocycles. The van der Waals surface area contributed by atoms with Gasteiger partial charge in [-0.15, -0.1) is 0 Å². The molecule has 20 heavy (non-hydrogen) atoms. The molecular formula is C13H7Br2N3O2. The number of nitriles is 1. The molecule has 0 spiro atoms. The average Bonchev–Trinajstić information content (AvgIpc) is 2.41. The molecule has 0 atom stereocenters. The standard InChI is InChI=1S/C13H7Br2N3O2/c14-9-2-1-8(7-16)12(5-9)17-11-4-3-10(15)6-13(11)18(19)20/h1-6,17H. The molecule has 100 valence electrons. The topological polar surface area (TPSA) is 79.0 Å². The number of halogens is 2. The molecule has 1 N–H and O–H groups in total. The van der Waals surface area contributed by atoms with Crippen LogP contribution in [0.3, 0.4) is 0 Å². The van der Waals surface area contributed by atoms with E-state index in [9.17, 15) is 10.1 Å². The molecule has 7 heteroatoms. The van der Waals surface area contributed by atoms with Gasteiger partial charge in [-0.2, -0.15) is 5.26 Å². The highest BCUT2D eigenvalue weighted by atomic mass is 79.9. The highest BCUT2D eigenvalue weighted by molar-refractivity contribution is 9.10. The number of nitrogens with zero attached hydrogens (tertiary/aromatic N) is 2. The number of benzene rings is 2. The average molecular weight is 397 g/mol. The van der Waals surface area contributed by atoms with Crippen LogP contribution >= 0.6 is 31.9 Å². The molecule has 5 nitrogen and oxygen atoms in total. The van der Waals surface area contributed by atoms with Gasteiger partial charge in [-0.05, 0) is 30.3 Å². The van der Waals surface area contributed by atoms with Crippen molar-refractivity contribution in [2.24, 2.45) is 0 Å². The van der Waals surface area contributed by atoms with Gasteiger partial charge in [0.15, 0.2) is 0 Å². The molecule has 0 aliphatic heterocycles. The molecule has 0 saturated carbocycles. The highest BCUT2D eigenvalue weighted by Gasteiger charge is 2.15. The summed E-state index contributed by atoms with van der Waals surface area (Å²) < 4.78 is 1.39. The van der Waals surface area contributed by atoms with Gasteiger partial charge in [0.1, 0.15) is 11.8 Å². The van der Waals surface area contributed by atoms with Gasteiger partial charge in [0.25, 0.3) is 5.69 Å². The molecule has 0 aliphatic carbocycles. The fraction of sp³-hybridized carbons (Fsp3) is 0. The third-order valence-electron chi connectivity index (χ3n) is 2.53. The minimum absolute atomic E-state index is 0.0664. The summed E-state index contributed by atoms with van der Waals surface area (Å²) in [6.45, 7) is 0. The molecule has 0 saturated heterocycles. The monoisotopic (exact) mass is 395 g/mol. The Morgan fingerprint density at radius 1 is 1.10 bits per heavy atom. The molecule has 0 amide bonds. The second-order valence-corrected chi connectivity index (χ2v) is 5.68. The van der Waals surface area contributed by atoms with E-state index in [0.29, 0.717) is 21.4 Å². The third-order valence-corrected chi connectivity index (χ3v) is 3.51. The largest absolute Gasteiger partial charge is 0.349 e. The molecule has 2 aromatic rings. The van der Waals surface area contributed by atoms with Gasteiger partial charge >= 0.3 is 0 Å². The van der Waals surface area contributed by atoms with Gasteiger partial charge in [0.05, 0.1) is 16.2 Å². The van der Waals surface area contributed by atoms with Crippen LogP contribution in [0.5, 0.6) is 0 Å². The first kappa shape index (κ1) is 14.5. The molecular weight excluding hydrogens is 390 g/mol. The van der Waals surface area contributed by atoms with Crippen LogP contribution in [-0.2, 0) is 0 Å². The van der Waals surface area contributed by atoms with E-state index in [-0.39, 0.29) is 5.69 Å². The maximum Gasteiger partial charge on any atom is 0.293 e. The van der Waals surface area contributed by atoms with Crippen LogP contribution in [0.25, 0.3) is 0 Å². The molecule has 0 heterocycles. The summed E-state index contributed by atoms with van der Waals surface area (Å²) in [5, 5.41) is 23.0. The summed E-state index contributed by atoms with van der Waals surface area (Å²) >= 11 is 6.50. The summed E-state index contributed by atoms with van der Waals surface area (Å²) in [4.78, 5) is 10.6. The fourth-order valence-electron chi connectivity index (χ4n) is 1.62. The van der Waals surface area contributed by atoms with Crippen LogP contribution in [0.4, 0.5) is 17.1 Å². The summed E-state index contributed by atoms with van der Waals surface area (Å²) in [5.74, 6) is 0. The molecule has 0 aromatic heterocycles. The van der Waals surface area contributed by atoms with Crippen LogP contribution in [-0.4, -0.2) is 4.92 Å². The van der Waals surface area contributed by atoms with E-state index in [2.05, 4.69) is 37.2 Å². The second kappa shape index (κ2) is 6.03. The summed E-state index contributed by atoms with van der Waals surface area (Å²) in [6, 6.07) is 11.8. The number of rotatable bonds is 3. The molecule has 0 bridgehead atoms. The Labute approximate surface area is 131 Å². The minimum atomic E-state index is -0.475. The lowest BCUT2D eigenvalue weighted by Gasteiger charge is -2.09. The van der Waals surface area contributed by atoms with Crippen LogP contribution in [0, 0.1) is 21.4 Å². The lowest BCUT2D eigenvalue weighted by molar-refractivity contribution is -0.384. The number of anilines is 2. The Bertz CT molecular complexity index is 726. The molecule has 2 rings (SSSR count). The predicted molar refractivity (Wildman–Crippen MR) is 82.9 cm³/mol. The summed E-state index contributed by atoms with van der Waals surface area (Å²) in [5.41, 5.74) is 1.17.